The fraction of sp³-hybridized carbons (Fsp3) is 0.300. The van der Waals surface area contributed by atoms with Gasteiger partial charge in [0.15, 0.2) is 6.10 Å². The van der Waals surface area contributed by atoms with Gasteiger partial charge in [0.05, 0.1) is 18.6 Å². The molecular weight excluding hydrogens is 394 g/mol. The first-order chi connectivity index (χ1) is 14.0. The first-order valence-electron chi connectivity index (χ1n) is 9.14. The van der Waals surface area contributed by atoms with Crippen LogP contribution in [0.3, 0.4) is 0 Å². The normalized spacial score (nSPS) is 17.9. The van der Waals surface area contributed by atoms with Crippen LogP contribution in [0.4, 0.5) is 0 Å². The number of nitrogens with zero attached hydrogens (tertiary/aromatic N) is 3. The van der Waals surface area contributed by atoms with E-state index in [-0.39, 0.29) is 30.5 Å². The smallest absolute Gasteiger partial charge is 0.257 e. The van der Waals surface area contributed by atoms with Gasteiger partial charge in [-0.25, -0.2) is 8.42 Å². The standard InChI is InChI=1S/C20H21N3O5S/c1-14-3-9-17(10-4-14)29(24,25)23-11-12-27-18(13-23)20-21-19(22-28-20)15-5-7-16(26-2)8-6-15/h3-10,18H,11-13H2,1-2H3/t18-/m1/s1. The van der Waals surface area contributed by atoms with Gasteiger partial charge in [-0.3, -0.25) is 0 Å². The Morgan fingerprint density at radius 3 is 2.52 bits per heavy atom. The SMILES string of the molecule is COc1ccc(-c2noc([C@H]3CN(S(=O)(=O)c4ccc(C)cc4)CCO3)n2)cc1. The van der Waals surface area contributed by atoms with Crippen molar-refractivity contribution in [1.29, 1.82) is 0 Å². The van der Waals surface area contributed by atoms with Gasteiger partial charge in [-0.05, 0) is 43.3 Å². The Balaban J connectivity index is 1.52. The third-order valence-corrected chi connectivity index (χ3v) is 6.63. The molecule has 3 aromatic rings. The van der Waals surface area contributed by atoms with Gasteiger partial charge in [-0.15, -0.1) is 0 Å². The van der Waals surface area contributed by atoms with E-state index >= 15 is 0 Å². The number of methoxy groups -OCH3 is 1. The molecule has 1 fully saturated rings. The summed E-state index contributed by atoms with van der Waals surface area (Å²) in [7, 11) is -2.03. The zero-order valence-corrected chi connectivity index (χ0v) is 16.9. The summed E-state index contributed by atoms with van der Waals surface area (Å²) >= 11 is 0. The van der Waals surface area contributed by atoms with Gasteiger partial charge >= 0.3 is 0 Å². The minimum absolute atomic E-state index is 0.112. The van der Waals surface area contributed by atoms with Crippen molar-refractivity contribution in [1.82, 2.24) is 14.4 Å². The van der Waals surface area contributed by atoms with Crippen molar-refractivity contribution in [2.45, 2.75) is 17.9 Å². The fourth-order valence-corrected chi connectivity index (χ4v) is 4.50. The molecule has 2 aromatic carbocycles. The molecule has 0 N–H and O–H groups in total. The van der Waals surface area contributed by atoms with Crippen LogP contribution in [0.2, 0.25) is 0 Å². The summed E-state index contributed by atoms with van der Waals surface area (Å²) in [4.78, 5) is 4.65. The molecule has 0 aliphatic carbocycles. The lowest BCUT2D eigenvalue weighted by molar-refractivity contribution is -0.0199. The third-order valence-electron chi connectivity index (χ3n) is 4.75. The van der Waals surface area contributed by atoms with Crippen molar-refractivity contribution in [3.63, 3.8) is 0 Å². The molecule has 1 aliphatic rings. The van der Waals surface area contributed by atoms with Gasteiger partial charge in [-0.1, -0.05) is 22.9 Å². The first-order valence-corrected chi connectivity index (χ1v) is 10.6. The summed E-state index contributed by atoms with van der Waals surface area (Å²) in [6.45, 7) is 2.54. The van der Waals surface area contributed by atoms with E-state index in [4.69, 9.17) is 14.0 Å². The van der Waals surface area contributed by atoms with E-state index in [0.29, 0.717) is 5.82 Å². The summed E-state index contributed by atoms with van der Waals surface area (Å²) in [6, 6.07) is 14.0. The number of morpholine rings is 1. The lowest BCUT2D eigenvalue weighted by Gasteiger charge is -2.30. The van der Waals surface area contributed by atoms with Crippen LogP contribution in [0.5, 0.6) is 5.75 Å². The Hall–Kier alpha value is -2.75. The van der Waals surface area contributed by atoms with Crippen molar-refractivity contribution in [3.8, 4) is 17.1 Å². The van der Waals surface area contributed by atoms with Crippen molar-refractivity contribution in [3.05, 3.63) is 60.0 Å². The summed E-state index contributed by atoms with van der Waals surface area (Å²) in [5.41, 5.74) is 1.77. The molecule has 4 rings (SSSR count). The summed E-state index contributed by atoms with van der Waals surface area (Å²) in [6.07, 6.45) is -0.622. The van der Waals surface area contributed by atoms with Crippen LogP contribution in [0.15, 0.2) is 57.9 Å². The van der Waals surface area contributed by atoms with E-state index in [0.717, 1.165) is 16.9 Å². The molecule has 2 heterocycles. The maximum Gasteiger partial charge on any atom is 0.257 e. The molecule has 0 spiro atoms. The van der Waals surface area contributed by atoms with Crippen LogP contribution < -0.4 is 4.74 Å². The van der Waals surface area contributed by atoms with Crippen LogP contribution in [0.1, 0.15) is 17.6 Å². The molecule has 1 atom stereocenters. The highest BCUT2D eigenvalue weighted by Crippen LogP contribution is 2.28. The molecule has 1 aromatic heterocycles. The molecule has 0 radical (unpaired) electrons. The predicted molar refractivity (Wildman–Crippen MR) is 105 cm³/mol. The predicted octanol–water partition coefficient (Wildman–Crippen LogP) is 2.82. The van der Waals surface area contributed by atoms with E-state index in [2.05, 4.69) is 10.1 Å². The lowest BCUT2D eigenvalue weighted by Crippen LogP contribution is -2.42. The Labute approximate surface area is 169 Å². The number of sulfonamides is 1. The Morgan fingerprint density at radius 2 is 1.83 bits per heavy atom. The van der Waals surface area contributed by atoms with E-state index in [1.54, 1.807) is 43.5 Å². The van der Waals surface area contributed by atoms with Gasteiger partial charge in [0, 0.05) is 18.7 Å². The minimum atomic E-state index is -3.62. The number of hydrogen-bond donors (Lipinski definition) is 0. The minimum Gasteiger partial charge on any atom is -0.497 e. The molecule has 29 heavy (non-hydrogen) atoms. The molecule has 8 nitrogen and oxygen atoms in total. The largest absolute Gasteiger partial charge is 0.497 e. The van der Waals surface area contributed by atoms with Crippen LogP contribution >= 0.6 is 0 Å². The highest BCUT2D eigenvalue weighted by molar-refractivity contribution is 7.89. The molecule has 1 saturated heterocycles. The second-order valence-electron chi connectivity index (χ2n) is 6.72. The number of aryl methyl sites for hydroxylation is 1. The molecule has 0 bridgehead atoms. The van der Waals surface area contributed by atoms with E-state index < -0.39 is 16.1 Å². The lowest BCUT2D eigenvalue weighted by atomic mass is 10.2. The summed E-state index contributed by atoms with van der Waals surface area (Å²) < 4.78 is 43.5. The van der Waals surface area contributed by atoms with Crippen molar-refractivity contribution >= 4 is 10.0 Å². The summed E-state index contributed by atoms with van der Waals surface area (Å²) in [5, 5.41) is 4.00. The second-order valence-corrected chi connectivity index (χ2v) is 8.66. The molecule has 0 unspecified atom stereocenters. The Bertz CT molecular complexity index is 1080. The van der Waals surface area contributed by atoms with Gasteiger partial charge < -0.3 is 14.0 Å². The van der Waals surface area contributed by atoms with Crippen LogP contribution in [-0.2, 0) is 14.8 Å². The third kappa shape index (κ3) is 4.02. The van der Waals surface area contributed by atoms with E-state index in [1.165, 1.54) is 4.31 Å². The molecular formula is C20H21N3O5S. The number of hydrogen-bond acceptors (Lipinski definition) is 7. The van der Waals surface area contributed by atoms with Crippen molar-refractivity contribution < 1.29 is 22.4 Å². The fourth-order valence-electron chi connectivity index (χ4n) is 3.08. The highest BCUT2D eigenvalue weighted by atomic mass is 32.2. The zero-order valence-electron chi connectivity index (χ0n) is 16.1. The van der Waals surface area contributed by atoms with Crippen molar-refractivity contribution in [2.24, 2.45) is 0 Å². The molecule has 0 amide bonds. The molecule has 1 aliphatic heterocycles. The number of aromatic nitrogens is 2. The maximum absolute atomic E-state index is 13.0. The van der Waals surface area contributed by atoms with Gasteiger partial charge in [-0.2, -0.15) is 9.29 Å². The van der Waals surface area contributed by atoms with E-state index in [9.17, 15) is 8.42 Å². The Morgan fingerprint density at radius 1 is 1.10 bits per heavy atom. The number of benzene rings is 2. The average molecular weight is 415 g/mol. The monoisotopic (exact) mass is 415 g/mol. The average Bonchev–Trinajstić information content (AvgIpc) is 3.24. The van der Waals surface area contributed by atoms with Crippen molar-refractivity contribution in [2.75, 3.05) is 26.8 Å². The zero-order chi connectivity index (χ0) is 20.4. The van der Waals surface area contributed by atoms with E-state index in [1.807, 2.05) is 19.1 Å². The first kappa shape index (κ1) is 19.6. The Kier molecular flexibility index (Phi) is 5.35. The quantitative estimate of drug-likeness (QED) is 0.632. The topological polar surface area (TPSA) is 94.8 Å². The summed E-state index contributed by atoms with van der Waals surface area (Å²) in [5.74, 6) is 1.38. The van der Waals surface area contributed by atoms with Gasteiger partial charge in [0.25, 0.3) is 5.89 Å². The number of ether oxygens (including phenoxy) is 2. The number of rotatable bonds is 5. The molecule has 152 valence electrons. The molecule has 9 heteroatoms. The molecule has 0 saturated carbocycles. The van der Waals surface area contributed by atoms with Crippen LogP contribution in [0.25, 0.3) is 11.4 Å². The van der Waals surface area contributed by atoms with Gasteiger partial charge in [0.2, 0.25) is 15.8 Å². The van der Waals surface area contributed by atoms with Crippen LogP contribution in [-0.4, -0.2) is 49.7 Å². The highest BCUT2D eigenvalue weighted by Gasteiger charge is 2.34. The maximum atomic E-state index is 13.0. The van der Waals surface area contributed by atoms with Crippen LogP contribution in [0, 0.1) is 6.92 Å². The second kappa shape index (κ2) is 7.94. The van der Waals surface area contributed by atoms with Gasteiger partial charge in [0.1, 0.15) is 5.75 Å².